The number of carbonyl (C=O) groups is 3. The minimum atomic E-state index is -0.679. The fourth-order valence-corrected chi connectivity index (χ4v) is 3.57. The van der Waals surface area contributed by atoms with Gasteiger partial charge in [-0.3, -0.25) is 19.7 Å². The smallest absolute Gasteiger partial charge is 0.271 e. The largest absolute Gasteiger partial charge is 0.339 e. The van der Waals surface area contributed by atoms with E-state index in [-0.39, 0.29) is 18.0 Å². The van der Waals surface area contributed by atoms with Crippen molar-refractivity contribution in [2.75, 3.05) is 0 Å². The molecule has 2 aromatic rings. The molecule has 3 rings (SSSR count). The molecule has 1 aliphatic rings. The van der Waals surface area contributed by atoms with E-state index in [2.05, 4.69) is 15.6 Å². The molecule has 2 aromatic heterocycles. The van der Waals surface area contributed by atoms with Crippen LogP contribution in [0.2, 0.25) is 0 Å². The Morgan fingerprint density at radius 1 is 1.38 bits per heavy atom. The number of piperidine rings is 1. The Bertz CT molecular complexity index is 693. The number of nitrogens with one attached hydrogen (secondary N) is 2. The maximum Gasteiger partial charge on any atom is 0.271 e. The summed E-state index contributed by atoms with van der Waals surface area (Å²) in [5.41, 5.74) is 0.285. The van der Waals surface area contributed by atoms with E-state index in [0.717, 1.165) is 9.88 Å². The van der Waals surface area contributed by atoms with Gasteiger partial charge in [0.05, 0.1) is 4.88 Å². The Hall–Kier alpha value is -2.06. The SMILES string of the molecule is O=C1CCC(NC(=O)c2csc(-c3cccs3)n2)C(=O)N1. The summed E-state index contributed by atoms with van der Waals surface area (Å²) in [5, 5.41) is 9.20. The van der Waals surface area contributed by atoms with Gasteiger partial charge in [-0.05, 0) is 17.9 Å². The van der Waals surface area contributed by atoms with Crippen LogP contribution < -0.4 is 10.6 Å². The highest BCUT2D eigenvalue weighted by molar-refractivity contribution is 7.20. The molecule has 0 spiro atoms. The highest BCUT2D eigenvalue weighted by Gasteiger charge is 2.28. The second-order valence-corrected chi connectivity index (χ2v) is 6.30. The first-order chi connectivity index (χ1) is 10.1. The maximum absolute atomic E-state index is 12.1. The van der Waals surface area contributed by atoms with Crippen LogP contribution in [0.3, 0.4) is 0 Å². The van der Waals surface area contributed by atoms with Crippen LogP contribution in [0, 0.1) is 0 Å². The third-order valence-electron chi connectivity index (χ3n) is 3.01. The van der Waals surface area contributed by atoms with E-state index >= 15 is 0 Å². The molecule has 21 heavy (non-hydrogen) atoms. The molecule has 0 saturated carbocycles. The fraction of sp³-hybridized carbons (Fsp3) is 0.231. The van der Waals surface area contributed by atoms with E-state index in [0.29, 0.717) is 6.42 Å². The summed E-state index contributed by atoms with van der Waals surface area (Å²) in [4.78, 5) is 40.0. The minimum absolute atomic E-state index is 0.230. The Balaban J connectivity index is 1.68. The Kier molecular flexibility index (Phi) is 3.80. The lowest BCUT2D eigenvalue weighted by Gasteiger charge is -2.21. The molecule has 108 valence electrons. The number of thiophene rings is 1. The van der Waals surface area contributed by atoms with Crippen LogP contribution in [0.5, 0.6) is 0 Å². The highest BCUT2D eigenvalue weighted by Crippen LogP contribution is 2.27. The van der Waals surface area contributed by atoms with Crippen molar-refractivity contribution in [1.82, 2.24) is 15.6 Å². The van der Waals surface area contributed by atoms with Crippen molar-refractivity contribution in [3.05, 3.63) is 28.6 Å². The minimum Gasteiger partial charge on any atom is -0.339 e. The summed E-state index contributed by atoms with van der Waals surface area (Å²) >= 11 is 2.93. The zero-order chi connectivity index (χ0) is 14.8. The summed E-state index contributed by atoms with van der Waals surface area (Å²) in [7, 11) is 0. The number of imide groups is 1. The van der Waals surface area contributed by atoms with Crippen molar-refractivity contribution < 1.29 is 14.4 Å². The van der Waals surface area contributed by atoms with Crippen LogP contribution in [0.25, 0.3) is 9.88 Å². The predicted octanol–water partition coefficient (Wildman–Crippen LogP) is 1.41. The number of hydrogen-bond donors (Lipinski definition) is 2. The van der Waals surface area contributed by atoms with Crippen LogP contribution in [-0.2, 0) is 9.59 Å². The standard InChI is InChI=1S/C13H11N3O3S2/c17-10-4-3-7(11(18)16-10)14-12(19)8-6-21-13(15-8)9-2-1-5-20-9/h1-2,5-7H,3-4H2,(H,14,19)(H,16,17,18). The Morgan fingerprint density at radius 3 is 2.95 bits per heavy atom. The molecule has 3 amide bonds. The monoisotopic (exact) mass is 321 g/mol. The van der Waals surface area contributed by atoms with Crippen LogP contribution in [0.15, 0.2) is 22.9 Å². The third kappa shape index (κ3) is 3.01. The molecule has 8 heteroatoms. The van der Waals surface area contributed by atoms with Crippen molar-refractivity contribution in [3.63, 3.8) is 0 Å². The van der Waals surface area contributed by atoms with Crippen molar-refractivity contribution in [2.45, 2.75) is 18.9 Å². The normalized spacial score (nSPS) is 18.4. The number of rotatable bonds is 3. The average Bonchev–Trinajstić information content (AvgIpc) is 3.10. The van der Waals surface area contributed by atoms with Crippen molar-refractivity contribution in [2.24, 2.45) is 0 Å². The average molecular weight is 321 g/mol. The molecule has 0 bridgehead atoms. The van der Waals surface area contributed by atoms with Gasteiger partial charge in [0.25, 0.3) is 5.91 Å². The van der Waals surface area contributed by atoms with Crippen molar-refractivity contribution in [3.8, 4) is 9.88 Å². The molecule has 1 saturated heterocycles. The number of nitrogens with zero attached hydrogens (tertiary/aromatic N) is 1. The predicted molar refractivity (Wildman–Crippen MR) is 79.1 cm³/mol. The molecule has 1 fully saturated rings. The zero-order valence-electron chi connectivity index (χ0n) is 10.8. The van der Waals surface area contributed by atoms with Gasteiger partial charge in [-0.15, -0.1) is 22.7 Å². The maximum atomic E-state index is 12.1. The van der Waals surface area contributed by atoms with E-state index in [1.54, 1.807) is 16.7 Å². The van der Waals surface area contributed by atoms with Gasteiger partial charge in [0.15, 0.2) is 0 Å². The van der Waals surface area contributed by atoms with Crippen LogP contribution >= 0.6 is 22.7 Å². The molecular formula is C13H11N3O3S2. The van der Waals surface area contributed by atoms with E-state index in [1.165, 1.54) is 11.3 Å². The lowest BCUT2D eigenvalue weighted by Crippen LogP contribution is -2.52. The molecule has 1 atom stereocenters. The van der Waals surface area contributed by atoms with Crippen molar-refractivity contribution >= 4 is 40.4 Å². The van der Waals surface area contributed by atoms with Gasteiger partial charge in [-0.1, -0.05) is 6.07 Å². The zero-order valence-corrected chi connectivity index (χ0v) is 12.4. The topological polar surface area (TPSA) is 88.2 Å². The molecule has 6 nitrogen and oxygen atoms in total. The first-order valence-electron chi connectivity index (χ1n) is 6.27. The summed E-state index contributed by atoms with van der Waals surface area (Å²) in [6, 6.07) is 3.18. The van der Waals surface area contributed by atoms with Gasteiger partial charge in [0, 0.05) is 11.8 Å². The molecule has 0 aliphatic carbocycles. The van der Waals surface area contributed by atoms with E-state index < -0.39 is 17.9 Å². The summed E-state index contributed by atoms with van der Waals surface area (Å²) in [6.45, 7) is 0. The summed E-state index contributed by atoms with van der Waals surface area (Å²) in [6.07, 6.45) is 0.548. The molecular weight excluding hydrogens is 310 g/mol. The van der Waals surface area contributed by atoms with Crippen LogP contribution in [0.1, 0.15) is 23.3 Å². The van der Waals surface area contributed by atoms with Gasteiger partial charge in [0.1, 0.15) is 16.7 Å². The van der Waals surface area contributed by atoms with E-state index in [1.807, 2.05) is 17.5 Å². The van der Waals surface area contributed by atoms with Crippen LogP contribution in [-0.4, -0.2) is 28.7 Å². The van der Waals surface area contributed by atoms with Gasteiger partial charge < -0.3 is 5.32 Å². The van der Waals surface area contributed by atoms with Gasteiger partial charge in [-0.2, -0.15) is 0 Å². The number of amides is 3. The molecule has 0 aromatic carbocycles. The molecule has 3 heterocycles. The number of aromatic nitrogens is 1. The lowest BCUT2D eigenvalue weighted by molar-refractivity contribution is -0.134. The van der Waals surface area contributed by atoms with Gasteiger partial charge in [-0.25, -0.2) is 4.98 Å². The Labute approximate surface area is 128 Å². The lowest BCUT2D eigenvalue weighted by atomic mass is 10.1. The quantitative estimate of drug-likeness (QED) is 0.837. The van der Waals surface area contributed by atoms with Gasteiger partial charge >= 0.3 is 0 Å². The van der Waals surface area contributed by atoms with Crippen molar-refractivity contribution in [1.29, 1.82) is 0 Å². The fourth-order valence-electron chi connectivity index (χ4n) is 1.95. The Morgan fingerprint density at radius 2 is 2.24 bits per heavy atom. The van der Waals surface area contributed by atoms with Crippen LogP contribution in [0.4, 0.5) is 0 Å². The first kappa shape index (κ1) is 13.9. The third-order valence-corrected chi connectivity index (χ3v) is 4.89. The molecule has 2 N–H and O–H groups in total. The number of hydrogen-bond acceptors (Lipinski definition) is 6. The second kappa shape index (κ2) is 5.74. The summed E-state index contributed by atoms with van der Waals surface area (Å²) < 4.78 is 0. The highest BCUT2D eigenvalue weighted by atomic mass is 32.1. The van der Waals surface area contributed by atoms with Gasteiger partial charge in [0.2, 0.25) is 11.8 Å². The first-order valence-corrected chi connectivity index (χ1v) is 8.03. The van der Waals surface area contributed by atoms with E-state index in [9.17, 15) is 14.4 Å². The molecule has 0 radical (unpaired) electrons. The molecule has 1 unspecified atom stereocenters. The number of carbonyl (C=O) groups excluding carboxylic acids is 3. The molecule has 1 aliphatic heterocycles. The van der Waals surface area contributed by atoms with E-state index in [4.69, 9.17) is 0 Å². The number of thiazole rings is 1. The summed E-state index contributed by atoms with van der Waals surface area (Å²) in [5.74, 6) is -1.17. The second-order valence-electron chi connectivity index (χ2n) is 4.49.